The number of hydrogen-bond acceptors (Lipinski definition) is 4. The number of carbonyl (C=O) groups excluding carboxylic acids is 2. The Hall–Kier alpha value is -2.70. The lowest BCUT2D eigenvalue weighted by Crippen LogP contribution is -2.44. The summed E-state index contributed by atoms with van der Waals surface area (Å²) < 4.78 is 1.07. The zero-order valence-corrected chi connectivity index (χ0v) is 15.0. The van der Waals surface area contributed by atoms with Crippen LogP contribution in [0.25, 0.3) is 10.8 Å². The molecule has 138 valence electrons. The number of carbonyl (C=O) groups is 2. The van der Waals surface area contributed by atoms with Crippen molar-refractivity contribution >= 4 is 22.6 Å². The highest BCUT2D eigenvalue weighted by molar-refractivity contribution is 6.04. The lowest BCUT2D eigenvalue weighted by Gasteiger charge is -2.33. The average Bonchev–Trinajstić information content (AvgIpc) is 2.65. The van der Waals surface area contributed by atoms with Gasteiger partial charge in [-0.15, -0.1) is 0 Å². The predicted octanol–water partition coefficient (Wildman–Crippen LogP) is 1.68. The SMILES string of the molecule is CCN(C(=O)Cn1nc(C(N)=O)c2ccccc2c1=O)C1CCCCC1. The molecule has 2 N–H and O–H groups in total. The van der Waals surface area contributed by atoms with E-state index in [9.17, 15) is 14.4 Å². The van der Waals surface area contributed by atoms with Crippen molar-refractivity contribution < 1.29 is 9.59 Å². The quantitative estimate of drug-likeness (QED) is 0.881. The van der Waals surface area contributed by atoms with Gasteiger partial charge in [0.1, 0.15) is 6.54 Å². The van der Waals surface area contributed by atoms with Gasteiger partial charge in [-0.05, 0) is 25.8 Å². The normalized spacial score (nSPS) is 15.1. The number of likely N-dealkylation sites (N-methyl/N-ethyl adjacent to an activating group) is 1. The first-order chi connectivity index (χ1) is 12.5. The maximum Gasteiger partial charge on any atom is 0.275 e. The third-order valence-corrected chi connectivity index (χ3v) is 5.06. The molecule has 1 aromatic heterocycles. The first kappa shape index (κ1) is 18.1. The zero-order valence-electron chi connectivity index (χ0n) is 15.0. The van der Waals surface area contributed by atoms with Crippen LogP contribution >= 0.6 is 0 Å². The maximum absolute atomic E-state index is 12.8. The minimum absolute atomic E-state index is 0.00807. The molecular weight excluding hydrogens is 332 g/mol. The highest BCUT2D eigenvalue weighted by atomic mass is 16.2. The molecule has 0 aliphatic heterocycles. The summed E-state index contributed by atoms with van der Waals surface area (Å²) in [4.78, 5) is 39.1. The minimum atomic E-state index is -0.720. The van der Waals surface area contributed by atoms with Gasteiger partial charge in [0.25, 0.3) is 11.5 Å². The highest BCUT2D eigenvalue weighted by Crippen LogP contribution is 2.22. The third-order valence-electron chi connectivity index (χ3n) is 5.06. The van der Waals surface area contributed by atoms with Crippen molar-refractivity contribution in [1.82, 2.24) is 14.7 Å². The number of primary amides is 1. The van der Waals surface area contributed by atoms with Gasteiger partial charge in [0.05, 0.1) is 5.39 Å². The minimum Gasteiger partial charge on any atom is -0.364 e. The fraction of sp³-hybridized carbons (Fsp3) is 0.474. The summed E-state index contributed by atoms with van der Waals surface area (Å²) in [6.07, 6.45) is 5.43. The number of amides is 2. The Morgan fingerprint density at radius 2 is 1.85 bits per heavy atom. The smallest absolute Gasteiger partial charge is 0.275 e. The van der Waals surface area contributed by atoms with Gasteiger partial charge in [-0.3, -0.25) is 14.4 Å². The van der Waals surface area contributed by atoms with Crippen molar-refractivity contribution in [2.75, 3.05) is 6.54 Å². The summed E-state index contributed by atoms with van der Waals surface area (Å²) in [7, 11) is 0. The van der Waals surface area contributed by atoms with Crippen molar-refractivity contribution in [2.45, 2.75) is 51.6 Å². The number of fused-ring (bicyclic) bond motifs is 1. The fourth-order valence-electron chi connectivity index (χ4n) is 3.77. The molecule has 0 radical (unpaired) electrons. The number of rotatable bonds is 5. The van der Waals surface area contributed by atoms with Crippen LogP contribution in [0.15, 0.2) is 29.1 Å². The standard InChI is InChI=1S/C19H24N4O3/c1-2-22(13-8-4-3-5-9-13)16(24)12-23-19(26)15-11-7-6-10-14(15)17(21-23)18(20)25/h6-7,10-11,13H,2-5,8-9,12H2,1H3,(H2,20,25). The van der Waals surface area contributed by atoms with Gasteiger partial charge in [0, 0.05) is 18.0 Å². The van der Waals surface area contributed by atoms with E-state index in [1.165, 1.54) is 6.42 Å². The van der Waals surface area contributed by atoms with E-state index in [0.717, 1.165) is 30.4 Å². The van der Waals surface area contributed by atoms with Crippen LogP contribution in [-0.4, -0.2) is 39.1 Å². The lowest BCUT2D eigenvalue weighted by atomic mass is 9.94. The van der Waals surface area contributed by atoms with Gasteiger partial charge in [-0.25, -0.2) is 4.68 Å². The Kier molecular flexibility index (Phi) is 5.35. The van der Waals surface area contributed by atoms with Crippen molar-refractivity contribution in [2.24, 2.45) is 5.73 Å². The number of nitrogens with zero attached hydrogens (tertiary/aromatic N) is 3. The fourth-order valence-corrected chi connectivity index (χ4v) is 3.77. The second kappa shape index (κ2) is 7.68. The van der Waals surface area contributed by atoms with Crippen molar-refractivity contribution in [1.29, 1.82) is 0 Å². The molecule has 0 bridgehead atoms. The van der Waals surface area contributed by atoms with Crippen LogP contribution in [-0.2, 0) is 11.3 Å². The molecule has 3 rings (SSSR count). The predicted molar refractivity (Wildman–Crippen MR) is 98.8 cm³/mol. The van der Waals surface area contributed by atoms with Crippen molar-refractivity contribution in [3.63, 3.8) is 0 Å². The molecule has 0 saturated heterocycles. The third kappa shape index (κ3) is 3.47. The van der Waals surface area contributed by atoms with Gasteiger partial charge in [0.15, 0.2) is 5.69 Å². The van der Waals surface area contributed by atoms with Crippen LogP contribution in [0.5, 0.6) is 0 Å². The summed E-state index contributed by atoms with van der Waals surface area (Å²) in [6.45, 7) is 2.35. The van der Waals surface area contributed by atoms with E-state index < -0.39 is 11.5 Å². The first-order valence-corrected chi connectivity index (χ1v) is 9.12. The Balaban J connectivity index is 1.94. The van der Waals surface area contributed by atoms with Gasteiger partial charge in [-0.2, -0.15) is 5.10 Å². The molecule has 1 aliphatic carbocycles. The lowest BCUT2D eigenvalue weighted by molar-refractivity contribution is -0.134. The largest absolute Gasteiger partial charge is 0.364 e. The maximum atomic E-state index is 12.8. The average molecular weight is 356 g/mol. The van der Waals surface area contributed by atoms with Crippen LogP contribution in [0, 0.1) is 0 Å². The molecular formula is C19H24N4O3. The van der Waals surface area contributed by atoms with Crippen molar-refractivity contribution in [3.8, 4) is 0 Å². The summed E-state index contributed by atoms with van der Waals surface area (Å²) in [6, 6.07) is 6.89. The van der Waals surface area contributed by atoms with Gasteiger partial charge < -0.3 is 10.6 Å². The van der Waals surface area contributed by atoms with Gasteiger partial charge >= 0.3 is 0 Å². The molecule has 1 saturated carbocycles. The first-order valence-electron chi connectivity index (χ1n) is 9.12. The second-order valence-corrected chi connectivity index (χ2v) is 6.69. The molecule has 1 heterocycles. The van der Waals surface area contributed by atoms with Crippen LogP contribution in [0.4, 0.5) is 0 Å². The Morgan fingerprint density at radius 3 is 2.46 bits per heavy atom. The summed E-state index contributed by atoms with van der Waals surface area (Å²) >= 11 is 0. The Bertz CT molecular complexity index is 884. The van der Waals surface area contributed by atoms with E-state index in [2.05, 4.69) is 5.10 Å². The molecule has 0 atom stereocenters. The number of nitrogens with two attached hydrogens (primary N) is 1. The van der Waals surface area contributed by atoms with E-state index in [1.54, 1.807) is 24.3 Å². The van der Waals surface area contributed by atoms with Crippen LogP contribution < -0.4 is 11.3 Å². The molecule has 0 unspecified atom stereocenters. The summed E-state index contributed by atoms with van der Waals surface area (Å²) in [5.74, 6) is -0.873. The highest BCUT2D eigenvalue weighted by Gasteiger charge is 2.25. The molecule has 1 aromatic carbocycles. The molecule has 1 fully saturated rings. The zero-order chi connectivity index (χ0) is 18.7. The van der Waals surface area contributed by atoms with Gasteiger partial charge in [-0.1, -0.05) is 37.5 Å². The molecule has 7 heteroatoms. The molecule has 26 heavy (non-hydrogen) atoms. The van der Waals surface area contributed by atoms with Gasteiger partial charge in [0.2, 0.25) is 5.91 Å². The second-order valence-electron chi connectivity index (χ2n) is 6.69. The number of benzene rings is 1. The summed E-state index contributed by atoms with van der Waals surface area (Å²) in [5, 5.41) is 4.83. The van der Waals surface area contributed by atoms with E-state index >= 15 is 0 Å². The topological polar surface area (TPSA) is 98.3 Å². The monoisotopic (exact) mass is 356 g/mol. The Morgan fingerprint density at radius 1 is 1.19 bits per heavy atom. The number of aromatic nitrogens is 2. The molecule has 2 amide bonds. The Labute approximate surface area is 151 Å². The van der Waals surface area contributed by atoms with E-state index in [4.69, 9.17) is 5.73 Å². The summed E-state index contributed by atoms with van der Waals surface area (Å²) in [5.41, 5.74) is 5.04. The molecule has 7 nitrogen and oxygen atoms in total. The number of hydrogen-bond donors (Lipinski definition) is 1. The molecule has 2 aromatic rings. The molecule has 1 aliphatic rings. The van der Waals surface area contributed by atoms with Crippen LogP contribution in [0.1, 0.15) is 49.5 Å². The van der Waals surface area contributed by atoms with E-state index in [-0.39, 0.29) is 24.2 Å². The van der Waals surface area contributed by atoms with Crippen molar-refractivity contribution in [3.05, 3.63) is 40.3 Å². The molecule has 0 spiro atoms. The van der Waals surface area contributed by atoms with E-state index in [1.807, 2.05) is 11.8 Å². The van der Waals surface area contributed by atoms with Crippen LogP contribution in [0.3, 0.4) is 0 Å². The van der Waals surface area contributed by atoms with Crippen LogP contribution in [0.2, 0.25) is 0 Å². The van der Waals surface area contributed by atoms with E-state index in [0.29, 0.717) is 17.3 Å².